The first-order chi connectivity index (χ1) is 12.8. The molecule has 0 spiro atoms. The Morgan fingerprint density at radius 1 is 0.741 bits per heavy atom. The normalized spacial score (nSPS) is 10.8. The number of halogens is 4. The van der Waals surface area contributed by atoms with Gasteiger partial charge in [0.15, 0.2) is 8.68 Å². The quantitative estimate of drug-likeness (QED) is 0.362. The van der Waals surface area contributed by atoms with E-state index in [1.165, 1.54) is 12.1 Å². The summed E-state index contributed by atoms with van der Waals surface area (Å²) in [5.41, 5.74) is 0.638. The zero-order valence-corrected chi connectivity index (χ0v) is 18.4. The summed E-state index contributed by atoms with van der Waals surface area (Å²) in [5.74, 6) is 0. The third kappa shape index (κ3) is 5.38. The summed E-state index contributed by atoms with van der Waals surface area (Å²) in [7, 11) is 0. The summed E-state index contributed by atoms with van der Waals surface area (Å²) >= 11 is 26.6. The maximum absolute atomic E-state index is 12.3. The van der Waals surface area contributed by atoms with Crippen LogP contribution in [0.2, 0.25) is 20.1 Å². The van der Waals surface area contributed by atoms with Crippen molar-refractivity contribution in [3.63, 3.8) is 0 Å². The predicted molar refractivity (Wildman–Crippen MR) is 113 cm³/mol. The third-order valence-electron chi connectivity index (χ3n) is 3.05. The lowest BCUT2D eigenvalue weighted by Gasteiger charge is -2.01. The molecule has 0 saturated carbocycles. The highest BCUT2D eigenvalue weighted by molar-refractivity contribution is 8.17. The average Bonchev–Trinajstić information content (AvgIpc) is 3.01. The van der Waals surface area contributed by atoms with Crippen LogP contribution in [-0.4, -0.2) is 20.4 Å². The van der Waals surface area contributed by atoms with Crippen molar-refractivity contribution in [3.8, 4) is 0 Å². The van der Waals surface area contributed by atoms with E-state index in [-0.39, 0.29) is 20.3 Å². The van der Waals surface area contributed by atoms with E-state index in [0.717, 1.165) is 34.9 Å². The molecule has 0 aliphatic heterocycles. The number of carbonyl (C=O) groups excluding carboxylic acids is 2. The first-order valence-corrected chi connectivity index (χ1v) is 11.0. The van der Waals surface area contributed by atoms with Crippen molar-refractivity contribution in [3.05, 3.63) is 67.6 Å². The Bertz CT molecular complexity index is 962. The van der Waals surface area contributed by atoms with E-state index >= 15 is 0 Å². The molecule has 11 heteroatoms. The van der Waals surface area contributed by atoms with E-state index < -0.39 is 0 Å². The van der Waals surface area contributed by atoms with Crippen LogP contribution in [0.25, 0.3) is 0 Å². The molecule has 0 atom stereocenters. The largest absolute Gasteiger partial charge is 0.281 e. The summed E-state index contributed by atoms with van der Waals surface area (Å²) < 4.78 is 0.784. The number of nitrogens with zero attached hydrogens (tertiary/aromatic N) is 2. The minimum absolute atomic E-state index is 0.256. The Kier molecular flexibility index (Phi) is 7.08. The highest BCUT2D eigenvalue weighted by Crippen LogP contribution is 2.35. The smallest absolute Gasteiger partial charge is 0.227 e. The van der Waals surface area contributed by atoms with Gasteiger partial charge >= 0.3 is 0 Å². The third-order valence-corrected chi connectivity index (χ3v) is 6.98. The van der Waals surface area contributed by atoms with Crippen LogP contribution >= 0.6 is 81.3 Å². The van der Waals surface area contributed by atoms with E-state index in [2.05, 4.69) is 10.2 Å². The first kappa shape index (κ1) is 20.9. The second-order valence-electron chi connectivity index (χ2n) is 4.86. The molecule has 0 amide bonds. The van der Waals surface area contributed by atoms with Gasteiger partial charge in [-0.25, -0.2) is 0 Å². The van der Waals surface area contributed by atoms with Crippen LogP contribution in [0.1, 0.15) is 20.7 Å². The summed E-state index contributed by atoms with van der Waals surface area (Å²) in [5, 5.41) is 8.66. The van der Waals surface area contributed by atoms with Gasteiger partial charge in [-0.2, -0.15) is 0 Å². The van der Waals surface area contributed by atoms with Crippen LogP contribution in [0.3, 0.4) is 0 Å². The summed E-state index contributed by atoms with van der Waals surface area (Å²) in [6.07, 6.45) is 0. The van der Waals surface area contributed by atoms with Crippen molar-refractivity contribution in [2.24, 2.45) is 0 Å². The fourth-order valence-electron chi connectivity index (χ4n) is 1.86. The van der Waals surface area contributed by atoms with Crippen LogP contribution in [0.4, 0.5) is 0 Å². The highest BCUT2D eigenvalue weighted by atomic mass is 35.5. The Hall–Kier alpha value is -0.800. The second kappa shape index (κ2) is 9.13. The van der Waals surface area contributed by atoms with Crippen molar-refractivity contribution < 1.29 is 9.59 Å². The zero-order chi connectivity index (χ0) is 19.6. The van der Waals surface area contributed by atoms with Gasteiger partial charge in [0.05, 0.1) is 10.0 Å². The van der Waals surface area contributed by atoms with E-state index in [1.807, 2.05) is 0 Å². The van der Waals surface area contributed by atoms with Crippen molar-refractivity contribution in [1.82, 2.24) is 10.2 Å². The molecule has 0 saturated heterocycles. The number of rotatable bonds is 4. The SMILES string of the molecule is O=C(Sc1nnc(SC(=O)c2ccc(Cl)cc2Cl)s1)c1ccc(Cl)cc1Cl. The molecule has 1 aromatic heterocycles. The number of hydrogen-bond acceptors (Lipinski definition) is 7. The maximum atomic E-state index is 12.3. The van der Waals surface area contributed by atoms with E-state index in [0.29, 0.717) is 29.9 Å². The van der Waals surface area contributed by atoms with Crippen molar-refractivity contribution in [1.29, 1.82) is 0 Å². The number of benzene rings is 2. The molecule has 3 aromatic rings. The van der Waals surface area contributed by atoms with Gasteiger partial charge in [0.25, 0.3) is 0 Å². The van der Waals surface area contributed by atoms with Crippen molar-refractivity contribution in [2.45, 2.75) is 8.68 Å². The van der Waals surface area contributed by atoms with E-state index in [4.69, 9.17) is 46.4 Å². The monoisotopic (exact) mass is 494 g/mol. The van der Waals surface area contributed by atoms with Crippen molar-refractivity contribution in [2.75, 3.05) is 0 Å². The first-order valence-electron chi connectivity index (χ1n) is 7.01. The zero-order valence-electron chi connectivity index (χ0n) is 12.9. The topological polar surface area (TPSA) is 59.9 Å². The molecular formula is C16H6Cl4N2O2S3. The van der Waals surface area contributed by atoms with E-state index in [9.17, 15) is 9.59 Å². The molecule has 0 aliphatic rings. The van der Waals surface area contributed by atoms with Crippen LogP contribution in [0.15, 0.2) is 45.1 Å². The van der Waals surface area contributed by atoms with Gasteiger partial charge in [0.2, 0.25) is 10.2 Å². The molecule has 3 rings (SSSR count). The molecule has 2 aromatic carbocycles. The van der Waals surface area contributed by atoms with Crippen LogP contribution < -0.4 is 0 Å². The number of aromatic nitrogens is 2. The van der Waals surface area contributed by atoms with Gasteiger partial charge in [-0.1, -0.05) is 57.7 Å². The maximum Gasteiger partial charge on any atom is 0.227 e. The lowest BCUT2D eigenvalue weighted by molar-refractivity contribution is 0.108. The van der Waals surface area contributed by atoms with Gasteiger partial charge in [0.1, 0.15) is 0 Å². The standard InChI is InChI=1S/C16H6Cl4N2O2S3/c17-7-1-3-9(11(19)5-7)13(23)25-15-21-22-16(27-15)26-14(24)10-4-2-8(18)6-12(10)20/h1-6H. The average molecular weight is 496 g/mol. The van der Waals surface area contributed by atoms with Gasteiger partial charge < -0.3 is 0 Å². The molecule has 0 radical (unpaired) electrons. The van der Waals surface area contributed by atoms with Gasteiger partial charge in [-0.3, -0.25) is 9.59 Å². The molecule has 1 heterocycles. The molecule has 138 valence electrons. The minimum Gasteiger partial charge on any atom is -0.281 e. The van der Waals surface area contributed by atoms with Crippen LogP contribution in [0, 0.1) is 0 Å². The number of thioether (sulfide) groups is 2. The lowest BCUT2D eigenvalue weighted by atomic mass is 10.2. The molecule has 0 fully saturated rings. The second-order valence-corrected chi connectivity index (χ2v) is 9.97. The molecule has 0 aliphatic carbocycles. The Labute approximate surface area is 186 Å². The Balaban J connectivity index is 1.69. The van der Waals surface area contributed by atoms with E-state index in [1.54, 1.807) is 24.3 Å². The lowest BCUT2D eigenvalue weighted by Crippen LogP contribution is -1.94. The fraction of sp³-hybridized carbons (Fsp3) is 0. The van der Waals surface area contributed by atoms with Gasteiger partial charge in [-0.05, 0) is 59.9 Å². The molecule has 0 unspecified atom stereocenters. The minimum atomic E-state index is -0.295. The van der Waals surface area contributed by atoms with Crippen LogP contribution in [0.5, 0.6) is 0 Å². The Morgan fingerprint density at radius 2 is 1.15 bits per heavy atom. The predicted octanol–water partition coefficient (Wildman–Crippen LogP) is 7.02. The van der Waals surface area contributed by atoms with Crippen molar-refractivity contribution >= 4 is 91.5 Å². The molecule has 27 heavy (non-hydrogen) atoms. The summed E-state index contributed by atoms with van der Waals surface area (Å²) in [6, 6.07) is 9.24. The molecular weight excluding hydrogens is 490 g/mol. The molecule has 0 bridgehead atoms. The Morgan fingerprint density at radius 3 is 1.52 bits per heavy atom. The number of carbonyl (C=O) groups is 2. The number of hydrogen-bond donors (Lipinski definition) is 0. The summed E-state index contributed by atoms with van der Waals surface area (Å²) in [6.45, 7) is 0. The molecule has 4 nitrogen and oxygen atoms in total. The molecule has 0 N–H and O–H groups in total. The highest BCUT2D eigenvalue weighted by Gasteiger charge is 2.19. The van der Waals surface area contributed by atoms with Gasteiger partial charge in [-0.15, -0.1) is 10.2 Å². The fourth-order valence-corrected chi connectivity index (χ4v) is 5.75. The summed E-state index contributed by atoms with van der Waals surface area (Å²) in [4.78, 5) is 24.7. The van der Waals surface area contributed by atoms with Crippen LogP contribution in [-0.2, 0) is 0 Å². The van der Waals surface area contributed by atoms with Gasteiger partial charge in [0, 0.05) is 21.2 Å².